The molecule has 0 aliphatic carbocycles. The lowest BCUT2D eigenvalue weighted by Gasteiger charge is -2.29. The fraction of sp³-hybridized carbons (Fsp3) is 0.405. The first-order valence-electron chi connectivity index (χ1n) is 16.1. The van der Waals surface area contributed by atoms with Gasteiger partial charge in [-0.2, -0.15) is 5.26 Å². The van der Waals surface area contributed by atoms with Crippen molar-refractivity contribution in [2.75, 3.05) is 32.7 Å². The van der Waals surface area contributed by atoms with E-state index in [1.54, 1.807) is 6.20 Å². The average molecular weight is 602 g/mol. The highest BCUT2D eigenvalue weighted by atomic mass is 16.2. The molecule has 2 aromatic heterocycles. The summed E-state index contributed by atoms with van der Waals surface area (Å²) in [7, 11) is 0. The first kappa shape index (κ1) is 30.4. The number of amides is 1. The van der Waals surface area contributed by atoms with E-state index in [2.05, 4.69) is 82.7 Å². The topological polar surface area (TPSA) is 100 Å². The van der Waals surface area contributed by atoms with Crippen molar-refractivity contribution in [3.8, 4) is 17.5 Å². The van der Waals surface area contributed by atoms with Crippen molar-refractivity contribution < 1.29 is 4.79 Å². The quantitative estimate of drug-likeness (QED) is 0.114. The zero-order valence-corrected chi connectivity index (χ0v) is 26.9. The van der Waals surface area contributed by atoms with Gasteiger partial charge in [-0.05, 0) is 106 Å². The number of nitriles is 1. The second-order valence-corrected chi connectivity index (χ2v) is 13.1. The summed E-state index contributed by atoms with van der Waals surface area (Å²) in [6.45, 7) is 12.2. The van der Waals surface area contributed by atoms with Crippen LogP contribution in [0.2, 0.25) is 0 Å². The van der Waals surface area contributed by atoms with Crippen molar-refractivity contribution >= 4 is 22.8 Å². The molecule has 232 valence electrons. The third kappa shape index (κ3) is 6.30. The summed E-state index contributed by atoms with van der Waals surface area (Å²) < 4.78 is 0. The first-order valence-corrected chi connectivity index (χ1v) is 16.1. The summed E-state index contributed by atoms with van der Waals surface area (Å²) >= 11 is 0. The molecule has 4 heterocycles. The molecule has 2 saturated heterocycles. The maximum Gasteiger partial charge on any atom is 0.232 e. The maximum atomic E-state index is 13.6. The minimum Gasteiger partial charge on any atom is -0.354 e. The molecule has 0 bridgehead atoms. The molecule has 8 nitrogen and oxygen atoms in total. The summed E-state index contributed by atoms with van der Waals surface area (Å²) in [5.74, 6) is 1.17. The first-order chi connectivity index (χ1) is 21.7. The maximum absolute atomic E-state index is 13.6. The number of carbonyl (C=O) groups is 1. The Morgan fingerprint density at radius 2 is 1.87 bits per heavy atom. The molecular weight excluding hydrogens is 558 g/mol. The van der Waals surface area contributed by atoms with Crippen LogP contribution in [0.4, 0.5) is 0 Å². The van der Waals surface area contributed by atoms with Crippen LogP contribution in [0.1, 0.15) is 66.8 Å². The molecule has 6 rings (SSSR count). The number of hydrogen-bond donors (Lipinski definition) is 2. The van der Waals surface area contributed by atoms with E-state index in [-0.39, 0.29) is 5.91 Å². The van der Waals surface area contributed by atoms with E-state index in [1.807, 2.05) is 31.0 Å². The van der Waals surface area contributed by atoms with Crippen molar-refractivity contribution in [2.24, 2.45) is 4.99 Å². The van der Waals surface area contributed by atoms with Gasteiger partial charge in [0.1, 0.15) is 0 Å². The third-order valence-electron chi connectivity index (χ3n) is 9.50. The molecule has 4 aromatic rings. The Labute approximate surface area is 266 Å². The smallest absolute Gasteiger partial charge is 0.232 e. The van der Waals surface area contributed by atoms with Crippen molar-refractivity contribution in [1.29, 1.82) is 5.26 Å². The standard InChI is InChI=1S/C37H43N7O/c1-25-18-26(2)20-29(19-25)34-31(11-14-40-36(41-24-38)44-17-12-28(23-44)27-8-7-13-39-22-27)32-21-30(9-10-33(32)42-34)37(3,4)35(45)43-15-5-6-16-43/h7-10,13,18-22,28,42H,5-6,11-12,14-17,23H2,1-4H3,(H,40,41). The van der Waals surface area contributed by atoms with Crippen molar-refractivity contribution in [3.05, 3.63) is 88.7 Å². The summed E-state index contributed by atoms with van der Waals surface area (Å²) in [5, 5.41) is 13.5. The minimum absolute atomic E-state index is 0.193. The summed E-state index contributed by atoms with van der Waals surface area (Å²) in [5.41, 5.74) is 8.48. The number of fused-ring (bicyclic) bond motifs is 1. The van der Waals surface area contributed by atoms with Gasteiger partial charge in [-0.15, -0.1) is 0 Å². The third-order valence-corrected chi connectivity index (χ3v) is 9.50. The van der Waals surface area contributed by atoms with Crippen molar-refractivity contribution in [2.45, 2.75) is 64.7 Å². The Balaban J connectivity index is 1.33. The molecule has 45 heavy (non-hydrogen) atoms. The number of benzene rings is 2. The van der Waals surface area contributed by atoms with E-state index in [0.29, 0.717) is 24.8 Å². The highest BCUT2D eigenvalue weighted by Gasteiger charge is 2.35. The minimum atomic E-state index is -0.629. The van der Waals surface area contributed by atoms with E-state index in [0.717, 1.165) is 73.2 Å². The summed E-state index contributed by atoms with van der Waals surface area (Å²) in [4.78, 5) is 30.7. The molecule has 1 amide bonds. The van der Waals surface area contributed by atoms with E-state index < -0.39 is 5.41 Å². The Morgan fingerprint density at radius 1 is 1.09 bits per heavy atom. The Hall–Kier alpha value is -4.64. The molecule has 2 aromatic carbocycles. The SMILES string of the molecule is Cc1cc(C)cc(-c2[nH]c3ccc(C(C)(C)C(=O)N4CCCC4)cc3c2CCN=C(NC#N)N2CCC(c3cccnc3)C2)c1. The predicted molar refractivity (Wildman–Crippen MR) is 180 cm³/mol. The van der Waals surface area contributed by atoms with Gasteiger partial charge in [0, 0.05) is 67.6 Å². The zero-order valence-electron chi connectivity index (χ0n) is 26.9. The number of likely N-dealkylation sites (tertiary alicyclic amines) is 2. The summed E-state index contributed by atoms with van der Waals surface area (Å²) in [6.07, 6.45) is 9.66. The van der Waals surface area contributed by atoms with Gasteiger partial charge in [0.15, 0.2) is 6.19 Å². The van der Waals surface area contributed by atoms with Gasteiger partial charge >= 0.3 is 0 Å². The van der Waals surface area contributed by atoms with Gasteiger partial charge in [0.05, 0.1) is 5.41 Å². The lowest BCUT2D eigenvalue weighted by Crippen LogP contribution is -2.41. The van der Waals surface area contributed by atoms with Gasteiger partial charge in [0.2, 0.25) is 11.9 Å². The lowest BCUT2D eigenvalue weighted by atomic mass is 9.82. The van der Waals surface area contributed by atoms with Crippen LogP contribution in [-0.2, 0) is 16.6 Å². The van der Waals surface area contributed by atoms with Crippen LogP contribution in [-0.4, -0.2) is 64.4 Å². The number of aromatic amines is 1. The molecule has 0 spiro atoms. The van der Waals surface area contributed by atoms with E-state index in [1.165, 1.54) is 22.3 Å². The van der Waals surface area contributed by atoms with Gasteiger partial charge in [-0.25, -0.2) is 0 Å². The lowest BCUT2D eigenvalue weighted by molar-refractivity contribution is -0.135. The molecule has 2 aliphatic rings. The number of pyridine rings is 1. The van der Waals surface area contributed by atoms with E-state index in [9.17, 15) is 10.1 Å². The van der Waals surface area contributed by atoms with Gasteiger partial charge in [-0.3, -0.25) is 20.1 Å². The fourth-order valence-corrected chi connectivity index (χ4v) is 7.08. The Morgan fingerprint density at radius 3 is 2.58 bits per heavy atom. The molecule has 1 atom stereocenters. The summed E-state index contributed by atoms with van der Waals surface area (Å²) in [6, 6.07) is 17.2. The van der Waals surface area contributed by atoms with Crippen LogP contribution < -0.4 is 5.32 Å². The Bertz CT molecular complexity index is 1740. The van der Waals surface area contributed by atoms with E-state index in [4.69, 9.17) is 4.99 Å². The molecule has 1 unspecified atom stereocenters. The number of aromatic nitrogens is 2. The molecular formula is C37H43N7O. The largest absolute Gasteiger partial charge is 0.354 e. The van der Waals surface area contributed by atoms with E-state index >= 15 is 0 Å². The number of carbonyl (C=O) groups excluding carboxylic acids is 1. The van der Waals surface area contributed by atoms with Crippen LogP contribution in [0.3, 0.4) is 0 Å². The van der Waals surface area contributed by atoms with Crippen LogP contribution >= 0.6 is 0 Å². The Kier molecular flexibility index (Phi) is 8.62. The molecule has 2 aliphatic heterocycles. The molecule has 2 N–H and O–H groups in total. The fourth-order valence-electron chi connectivity index (χ4n) is 7.08. The number of aliphatic imine (C=N–C) groups is 1. The van der Waals surface area contributed by atoms with Gasteiger partial charge in [0.25, 0.3) is 0 Å². The average Bonchev–Trinajstić information content (AvgIpc) is 3.81. The van der Waals surface area contributed by atoms with Crippen LogP contribution in [0.25, 0.3) is 22.2 Å². The number of hydrogen-bond acceptors (Lipinski definition) is 4. The van der Waals surface area contributed by atoms with Crippen LogP contribution in [0, 0.1) is 25.3 Å². The normalized spacial score (nSPS) is 17.2. The van der Waals surface area contributed by atoms with Gasteiger partial charge < -0.3 is 14.8 Å². The highest BCUT2D eigenvalue weighted by molar-refractivity contribution is 5.94. The number of guanidine groups is 1. The van der Waals surface area contributed by atoms with Crippen LogP contribution in [0.5, 0.6) is 0 Å². The monoisotopic (exact) mass is 601 g/mol. The highest BCUT2D eigenvalue weighted by Crippen LogP contribution is 2.36. The number of rotatable bonds is 7. The number of nitrogens with one attached hydrogen (secondary N) is 2. The van der Waals surface area contributed by atoms with Crippen molar-refractivity contribution in [3.63, 3.8) is 0 Å². The molecule has 0 radical (unpaired) electrons. The second-order valence-electron chi connectivity index (χ2n) is 13.1. The number of nitrogens with zero attached hydrogens (tertiary/aromatic N) is 5. The second kappa shape index (κ2) is 12.8. The molecule has 2 fully saturated rings. The number of aryl methyl sites for hydroxylation is 2. The van der Waals surface area contributed by atoms with Crippen LogP contribution in [0.15, 0.2) is 65.9 Å². The van der Waals surface area contributed by atoms with Crippen molar-refractivity contribution in [1.82, 2.24) is 25.1 Å². The van der Waals surface area contributed by atoms with Gasteiger partial charge in [-0.1, -0.05) is 29.3 Å². The number of H-pyrrole nitrogens is 1. The predicted octanol–water partition coefficient (Wildman–Crippen LogP) is 6.21. The molecule has 8 heteroatoms. The zero-order chi connectivity index (χ0) is 31.6. The molecule has 0 saturated carbocycles.